The fourth-order valence-corrected chi connectivity index (χ4v) is 3.38. The van der Waals surface area contributed by atoms with Crippen LogP contribution in [0.15, 0.2) is 10.9 Å². The van der Waals surface area contributed by atoms with Crippen LogP contribution in [0.1, 0.15) is 50.0 Å². The lowest BCUT2D eigenvalue weighted by Gasteiger charge is -2.35. The van der Waals surface area contributed by atoms with Crippen molar-refractivity contribution in [2.24, 2.45) is 5.92 Å². The van der Waals surface area contributed by atoms with E-state index in [9.17, 15) is 15.0 Å². The summed E-state index contributed by atoms with van der Waals surface area (Å²) in [6.07, 6.45) is 4.54. The van der Waals surface area contributed by atoms with Gasteiger partial charge < -0.3 is 19.7 Å². The molecule has 1 saturated carbocycles. The molecule has 1 aromatic rings. The van der Waals surface area contributed by atoms with Crippen LogP contribution in [0.3, 0.4) is 0 Å². The number of aliphatic hydroxyl groups is 1. The summed E-state index contributed by atoms with van der Waals surface area (Å²) in [6.45, 7) is 2.51. The molecule has 2 atom stereocenters. The van der Waals surface area contributed by atoms with Gasteiger partial charge in [-0.1, -0.05) is 19.8 Å². The molecule has 2 N–H and O–H groups in total. The largest absolute Gasteiger partial charge is 0.503 e. The lowest BCUT2D eigenvalue weighted by atomic mass is 9.85. The van der Waals surface area contributed by atoms with Crippen molar-refractivity contribution in [3.63, 3.8) is 0 Å². The van der Waals surface area contributed by atoms with Gasteiger partial charge in [0.05, 0.1) is 12.3 Å². The average Bonchev–Trinajstić information content (AvgIpc) is 2.44. The van der Waals surface area contributed by atoms with Crippen LogP contribution in [-0.4, -0.2) is 33.8 Å². The quantitative estimate of drug-likeness (QED) is 0.889. The Morgan fingerprint density at radius 2 is 2.00 bits per heavy atom. The Balaban J connectivity index is 2.59. The third-order valence-corrected chi connectivity index (χ3v) is 4.43. The third-order valence-electron chi connectivity index (χ3n) is 4.43. The van der Waals surface area contributed by atoms with E-state index < -0.39 is 5.43 Å². The summed E-state index contributed by atoms with van der Waals surface area (Å²) >= 11 is 0. The molecule has 0 aromatic carbocycles. The van der Waals surface area contributed by atoms with Crippen LogP contribution in [0.2, 0.25) is 0 Å². The number of rotatable bonds is 4. The molecule has 118 valence electrons. The van der Waals surface area contributed by atoms with Gasteiger partial charge in [-0.3, -0.25) is 4.79 Å². The molecule has 0 aliphatic heterocycles. The Morgan fingerprint density at radius 3 is 2.57 bits per heavy atom. The zero-order chi connectivity index (χ0) is 15.6. The zero-order valence-corrected chi connectivity index (χ0v) is 13.2. The summed E-state index contributed by atoms with van der Waals surface area (Å²) in [5.41, 5.74) is 0.819. The number of hydrogen-bond acceptors (Lipinski definition) is 4. The van der Waals surface area contributed by atoms with Crippen molar-refractivity contribution in [3.8, 4) is 5.75 Å². The second-order valence-electron chi connectivity index (χ2n) is 6.39. The first-order valence-corrected chi connectivity index (χ1v) is 7.67. The predicted octanol–water partition coefficient (Wildman–Crippen LogP) is 1.86. The monoisotopic (exact) mass is 294 g/mol. The normalized spacial score (nSPS) is 22.7. The number of aromatic nitrogens is 1. The summed E-state index contributed by atoms with van der Waals surface area (Å²) in [4.78, 5) is 13.9. The number of pyridine rings is 1. The summed E-state index contributed by atoms with van der Waals surface area (Å²) in [5.74, 6) is 0.297. The summed E-state index contributed by atoms with van der Waals surface area (Å²) in [7, 11) is 3.81. The maximum atomic E-state index is 11.9. The minimum atomic E-state index is -0.407. The second-order valence-corrected chi connectivity index (χ2v) is 6.39. The van der Waals surface area contributed by atoms with E-state index in [2.05, 4.69) is 6.92 Å². The lowest BCUT2D eigenvalue weighted by Crippen LogP contribution is -2.30. The van der Waals surface area contributed by atoms with Gasteiger partial charge in [-0.25, -0.2) is 0 Å². The molecule has 0 spiro atoms. The molecule has 1 fully saturated rings. The SMILES string of the molecule is CC1CCCCC1n1c(CO)cc(=O)c(O)c1CN(C)C. The molecule has 2 unspecified atom stereocenters. The van der Waals surface area contributed by atoms with Crippen LogP contribution in [0.25, 0.3) is 0 Å². The smallest absolute Gasteiger partial charge is 0.223 e. The van der Waals surface area contributed by atoms with Crippen molar-refractivity contribution in [3.05, 3.63) is 27.7 Å². The van der Waals surface area contributed by atoms with Crippen molar-refractivity contribution in [2.75, 3.05) is 14.1 Å². The summed E-state index contributed by atoms with van der Waals surface area (Å²) in [5, 5.41) is 19.9. The van der Waals surface area contributed by atoms with E-state index in [1.54, 1.807) is 0 Å². The number of nitrogens with zero attached hydrogens (tertiary/aromatic N) is 2. The summed E-state index contributed by atoms with van der Waals surface area (Å²) < 4.78 is 2.01. The Hall–Kier alpha value is -1.33. The Kier molecular flexibility index (Phi) is 5.06. The highest BCUT2D eigenvalue weighted by molar-refractivity contribution is 5.31. The van der Waals surface area contributed by atoms with Gasteiger partial charge in [0.15, 0.2) is 5.75 Å². The van der Waals surface area contributed by atoms with Crippen molar-refractivity contribution in [1.82, 2.24) is 9.47 Å². The lowest BCUT2D eigenvalue weighted by molar-refractivity contribution is 0.211. The second kappa shape index (κ2) is 6.62. The Morgan fingerprint density at radius 1 is 1.33 bits per heavy atom. The van der Waals surface area contributed by atoms with Crippen LogP contribution < -0.4 is 5.43 Å². The van der Waals surface area contributed by atoms with Gasteiger partial charge in [0.1, 0.15) is 0 Å². The Labute approximate surface area is 125 Å². The first kappa shape index (κ1) is 16.0. The zero-order valence-electron chi connectivity index (χ0n) is 13.2. The molecule has 1 heterocycles. The standard InChI is InChI=1S/C16H26N2O3/c1-11-6-4-5-7-13(11)18-12(10-19)8-15(20)16(21)14(18)9-17(2)3/h8,11,13,19,21H,4-7,9-10H2,1-3H3. The Bertz CT molecular complexity index is 551. The summed E-state index contributed by atoms with van der Waals surface area (Å²) in [6, 6.07) is 1.61. The first-order valence-electron chi connectivity index (χ1n) is 7.67. The van der Waals surface area contributed by atoms with Crippen molar-refractivity contribution in [2.45, 2.75) is 51.8 Å². The molecule has 0 radical (unpaired) electrons. The predicted molar refractivity (Wildman–Crippen MR) is 82.3 cm³/mol. The number of hydrogen-bond donors (Lipinski definition) is 2. The van der Waals surface area contributed by atoms with E-state index in [4.69, 9.17) is 0 Å². The van der Waals surface area contributed by atoms with Crippen LogP contribution >= 0.6 is 0 Å². The molecule has 5 heteroatoms. The van der Waals surface area contributed by atoms with Gasteiger partial charge in [-0.15, -0.1) is 0 Å². The number of aliphatic hydroxyl groups excluding tert-OH is 1. The van der Waals surface area contributed by atoms with Crippen molar-refractivity contribution >= 4 is 0 Å². The van der Waals surface area contributed by atoms with E-state index >= 15 is 0 Å². The fraction of sp³-hybridized carbons (Fsp3) is 0.688. The van der Waals surface area contributed by atoms with Gasteiger partial charge >= 0.3 is 0 Å². The molecule has 1 aliphatic carbocycles. The minimum absolute atomic E-state index is 0.181. The van der Waals surface area contributed by atoms with Gasteiger partial charge in [0.25, 0.3) is 0 Å². The van der Waals surface area contributed by atoms with Crippen molar-refractivity contribution in [1.29, 1.82) is 0 Å². The number of aromatic hydroxyl groups is 1. The highest BCUT2D eigenvalue weighted by atomic mass is 16.3. The van der Waals surface area contributed by atoms with E-state index in [1.165, 1.54) is 12.5 Å². The highest BCUT2D eigenvalue weighted by Crippen LogP contribution is 2.36. The maximum Gasteiger partial charge on any atom is 0.223 e. The van der Waals surface area contributed by atoms with E-state index in [-0.39, 0.29) is 18.4 Å². The van der Waals surface area contributed by atoms with Crippen molar-refractivity contribution < 1.29 is 10.2 Å². The average molecular weight is 294 g/mol. The van der Waals surface area contributed by atoms with Gasteiger partial charge in [0, 0.05) is 24.3 Å². The molecule has 1 aromatic heterocycles. The van der Waals surface area contributed by atoms with E-state index in [1.807, 2.05) is 23.6 Å². The van der Waals surface area contributed by atoms with Gasteiger partial charge in [0.2, 0.25) is 5.43 Å². The van der Waals surface area contributed by atoms with Gasteiger partial charge in [-0.2, -0.15) is 0 Å². The molecular weight excluding hydrogens is 268 g/mol. The third kappa shape index (κ3) is 3.30. The molecule has 21 heavy (non-hydrogen) atoms. The van der Waals surface area contributed by atoms with Gasteiger partial charge in [-0.05, 0) is 32.9 Å². The minimum Gasteiger partial charge on any atom is -0.503 e. The molecule has 2 rings (SSSR count). The van der Waals surface area contributed by atoms with Crippen LogP contribution in [0, 0.1) is 5.92 Å². The maximum absolute atomic E-state index is 11.9. The van der Waals surface area contributed by atoms with E-state index in [0.717, 1.165) is 19.3 Å². The first-order chi connectivity index (χ1) is 9.95. The van der Waals surface area contributed by atoms with Crippen LogP contribution in [0.4, 0.5) is 0 Å². The molecule has 0 bridgehead atoms. The molecule has 0 amide bonds. The molecule has 5 nitrogen and oxygen atoms in total. The van der Waals surface area contributed by atoms with E-state index in [0.29, 0.717) is 23.9 Å². The topological polar surface area (TPSA) is 65.7 Å². The van der Waals surface area contributed by atoms with Crippen LogP contribution in [0.5, 0.6) is 5.75 Å². The fourth-order valence-electron chi connectivity index (χ4n) is 3.38. The molecule has 1 aliphatic rings. The molecule has 0 saturated heterocycles. The highest BCUT2D eigenvalue weighted by Gasteiger charge is 2.27. The van der Waals surface area contributed by atoms with Crippen LogP contribution in [-0.2, 0) is 13.2 Å². The molecular formula is C16H26N2O3.